The smallest absolute Gasteiger partial charge is 0.254 e. The van der Waals surface area contributed by atoms with Crippen LogP contribution in [0, 0.1) is 11.6 Å². The zero-order valence-electron chi connectivity index (χ0n) is 22.7. The number of carbonyl (C=O) groups is 1. The Kier molecular flexibility index (Phi) is 8.29. The van der Waals surface area contributed by atoms with Gasteiger partial charge in [-0.2, -0.15) is 0 Å². The van der Waals surface area contributed by atoms with E-state index in [4.69, 9.17) is 0 Å². The summed E-state index contributed by atoms with van der Waals surface area (Å²) in [4.78, 5) is 33.9. The van der Waals surface area contributed by atoms with Gasteiger partial charge < -0.3 is 19.5 Å². The van der Waals surface area contributed by atoms with E-state index in [0.717, 1.165) is 37.9 Å². The van der Waals surface area contributed by atoms with Gasteiger partial charge in [0, 0.05) is 62.8 Å². The fraction of sp³-hybridized carbons (Fsp3) is 0.414. The van der Waals surface area contributed by atoms with Crippen molar-refractivity contribution in [2.24, 2.45) is 0 Å². The zero-order valence-corrected chi connectivity index (χ0v) is 22.7. The van der Waals surface area contributed by atoms with E-state index >= 15 is 8.78 Å². The molecule has 1 saturated heterocycles. The van der Waals surface area contributed by atoms with E-state index in [1.54, 1.807) is 13.0 Å². The van der Waals surface area contributed by atoms with Crippen LogP contribution in [0.15, 0.2) is 43.1 Å². The SMILES string of the molecule is CCc1cnc(N2CCC(n3cc(F)c4c(Cc5ccc(C(=O)N(CC)CCO)cc5F)ncnc43)CC2)nc1. The lowest BCUT2D eigenvalue weighted by molar-refractivity contribution is 0.0731. The van der Waals surface area contributed by atoms with E-state index in [1.807, 2.05) is 17.0 Å². The molecule has 0 saturated carbocycles. The van der Waals surface area contributed by atoms with Gasteiger partial charge >= 0.3 is 0 Å². The van der Waals surface area contributed by atoms with Crippen LogP contribution in [0.5, 0.6) is 0 Å². The third-order valence-electron chi connectivity index (χ3n) is 7.58. The quantitative estimate of drug-likeness (QED) is 0.338. The summed E-state index contributed by atoms with van der Waals surface area (Å²) < 4.78 is 32.3. The van der Waals surface area contributed by atoms with Crippen molar-refractivity contribution in [1.29, 1.82) is 0 Å². The zero-order chi connectivity index (χ0) is 28.2. The molecule has 0 bridgehead atoms. The molecule has 1 aromatic carbocycles. The largest absolute Gasteiger partial charge is 0.395 e. The number of benzene rings is 1. The van der Waals surface area contributed by atoms with Crippen molar-refractivity contribution >= 4 is 22.9 Å². The lowest BCUT2D eigenvalue weighted by Gasteiger charge is -2.32. The number of aromatic nitrogens is 5. The molecule has 1 aliphatic heterocycles. The molecule has 9 nitrogen and oxygen atoms in total. The number of amides is 1. The summed E-state index contributed by atoms with van der Waals surface area (Å²) in [5, 5.41) is 9.46. The normalized spacial score (nSPS) is 14.2. The maximum absolute atomic E-state index is 15.3. The van der Waals surface area contributed by atoms with Crippen LogP contribution in [0.2, 0.25) is 0 Å². The summed E-state index contributed by atoms with van der Waals surface area (Å²) in [5.41, 5.74) is 2.46. The van der Waals surface area contributed by atoms with Crippen molar-refractivity contribution < 1.29 is 18.7 Å². The van der Waals surface area contributed by atoms with Crippen LogP contribution < -0.4 is 4.90 Å². The Morgan fingerprint density at radius 3 is 2.48 bits per heavy atom. The second kappa shape index (κ2) is 12.0. The summed E-state index contributed by atoms with van der Waals surface area (Å²) in [7, 11) is 0. The highest BCUT2D eigenvalue weighted by Gasteiger charge is 2.26. The molecular weight excluding hydrogens is 516 g/mol. The van der Waals surface area contributed by atoms with Crippen LogP contribution in [0.4, 0.5) is 14.7 Å². The first kappa shape index (κ1) is 27.6. The molecule has 40 heavy (non-hydrogen) atoms. The second-order valence-electron chi connectivity index (χ2n) is 9.96. The number of hydrogen-bond donors (Lipinski definition) is 1. The van der Waals surface area contributed by atoms with Crippen molar-refractivity contribution in [3.63, 3.8) is 0 Å². The molecule has 3 aromatic heterocycles. The molecule has 5 rings (SSSR count). The van der Waals surface area contributed by atoms with E-state index in [0.29, 0.717) is 29.4 Å². The highest BCUT2D eigenvalue weighted by atomic mass is 19.1. The predicted octanol–water partition coefficient (Wildman–Crippen LogP) is 3.95. The summed E-state index contributed by atoms with van der Waals surface area (Å²) in [5.74, 6) is -0.667. The molecule has 210 valence electrons. The maximum atomic E-state index is 15.3. The maximum Gasteiger partial charge on any atom is 0.254 e. The van der Waals surface area contributed by atoms with E-state index < -0.39 is 11.6 Å². The van der Waals surface area contributed by atoms with Crippen molar-refractivity contribution in [2.45, 2.75) is 45.6 Å². The topological polar surface area (TPSA) is 100 Å². The molecule has 0 unspecified atom stereocenters. The number of piperidine rings is 1. The van der Waals surface area contributed by atoms with Crippen LogP contribution in [-0.4, -0.2) is 73.2 Å². The number of nitrogens with zero attached hydrogens (tertiary/aromatic N) is 7. The van der Waals surface area contributed by atoms with Gasteiger partial charge in [-0.1, -0.05) is 13.0 Å². The van der Waals surface area contributed by atoms with Gasteiger partial charge in [-0.05, 0) is 49.4 Å². The van der Waals surface area contributed by atoms with Crippen molar-refractivity contribution in [3.8, 4) is 0 Å². The number of carbonyl (C=O) groups excluding carboxylic acids is 1. The Morgan fingerprint density at radius 2 is 1.82 bits per heavy atom. The van der Waals surface area contributed by atoms with Gasteiger partial charge in [-0.15, -0.1) is 0 Å². The highest BCUT2D eigenvalue weighted by Crippen LogP contribution is 2.31. The third-order valence-corrected chi connectivity index (χ3v) is 7.58. The van der Waals surface area contributed by atoms with Gasteiger partial charge in [0.25, 0.3) is 5.91 Å². The fourth-order valence-electron chi connectivity index (χ4n) is 5.26. The number of halogens is 2. The first-order valence-electron chi connectivity index (χ1n) is 13.7. The van der Waals surface area contributed by atoms with E-state index in [2.05, 4.69) is 31.8 Å². The van der Waals surface area contributed by atoms with E-state index in [1.165, 1.54) is 29.6 Å². The standard InChI is InChI=1S/C29H33F2N7O2/c1-3-19-15-32-29(33-16-19)37-9-7-22(8-10-37)38-17-24(31)26-25(34-18-35-27(26)38)14-20-5-6-21(13-23(20)30)28(40)36(4-2)11-12-39/h5-6,13,15-18,22,39H,3-4,7-12,14H2,1-2H3. The molecule has 4 aromatic rings. The first-order chi connectivity index (χ1) is 19.4. The Morgan fingerprint density at radius 1 is 1.07 bits per heavy atom. The molecule has 1 aliphatic rings. The monoisotopic (exact) mass is 549 g/mol. The number of anilines is 1. The molecule has 0 atom stereocenters. The average Bonchev–Trinajstić information content (AvgIpc) is 3.33. The van der Waals surface area contributed by atoms with Crippen LogP contribution >= 0.6 is 0 Å². The summed E-state index contributed by atoms with van der Waals surface area (Å²) in [6, 6.07) is 4.31. The number of aliphatic hydroxyl groups excluding tert-OH is 1. The Balaban J connectivity index is 1.34. The minimum absolute atomic E-state index is 0.0448. The molecule has 0 radical (unpaired) electrons. The van der Waals surface area contributed by atoms with Crippen LogP contribution in [0.3, 0.4) is 0 Å². The van der Waals surface area contributed by atoms with E-state index in [-0.39, 0.29) is 42.5 Å². The van der Waals surface area contributed by atoms with Gasteiger partial charge in [-0.3, -0.25) is 4.79 Å². The Hall–Kier alpha value is -3.99. The minimum Gasteiger partial charge on any atom is -0.395 e. The predicted molar refractivity (Wildman–Crippen MR) is 147 cm³/mol. The molecule has 0 spiro atoms. The number of hydrogen-bond acceptors (Lipinski definition) is 7. The second-order valence-corrected chi connectivity index (χ2v) is 9.96. The van der Waals surface area contributed by atoms with Crippen LogP contribution in [-0.2, 0) is 12.8 Å². The Labute approximate surface area is 231 Å². The summed E-state index contributed by atoms with van der Waals surface area (Å²) >= 11 is 0. The lowest BCUT2D eigenvalue weighted by atomic mass is 10.0. The number of rotatable bonds is 9. The van der Waals surface area contributed by atoms with Crippen molar-refractivity contribution in [3.05, 3.63) is 77.1 Å². The molecular formula is C29H33F2N7O2. The Bertz CT molecular complexity index is 1480. The van der Waals surface area contributed by atoms with Gasteiger partial charge in [0.05, 0.1) is 17.7 Å². The molecule has 1 amide bonds. The van der Waals surface area contributed by atoms with Gasteiger partial charge in [0.2, 0.25) is 5.95 Å². The fourth-order valence-corrected chi connectivity index (χ4v) is 5.26. The first-order valence-corrected chi connectivity index (χ1v) is 13.7. The third kappa shape index (κ3) is 5.51. The number of aryl methyl sites for hydroxylation is 1. The number of aliphatic hydroxyl groups is 1. The molecule has 1 fully saturated rings. The van der Waals surface area contributed by atoms with Crippen LogP contribution in [0.1, 0.15) is 59.9 Å². The van der Waals surface area contributed by atoms with Gasteiger partial charge in [0.15, 0.2) is 5.82 Å². The molecule has 4 heterocycles. The molecule has 0 aliphatic carbocycles. The number of likely N-dealkylation sites (N-methyl/N-ethyl adjacent to an activating group) is 1. The van der Waals surface area contributed by atoms with Crippen molar-refractivity contribution in [1.82, 2.24) is 29.4 Å². The van der Waals surface area contributed by atoms with E-state index in [9.17, 15) is 9.90 Å². The minimum atomic E-state index is -0.570. The summed E-state index contributed by atoms with van der Waals surface area (Å²) in [6.07, 6.45) is 9.05. The lowest BCUT2D eigenvalue weighted by Crippen LogP contribution is -2.35. The highest BCUT2D eigenvalue weighted by molar-refractivity contribution is 5.94. The van der Waals surface area contributed by atoms with Gasteiger partial charge in [0.1, 0.15) is 17.8 Å². The number of fused-ring (bicyclic) bond motifs is 1. The molecule has 1 N–H and O–H groups in total. The van der Waals surface area contributed by atoms with Gasteiger partial charge in [-0.25, -0.2) is 28.7 Å². The molecule has 11 heteroatoms. The summed E-state index contributed by atoms with van der Waals surface area (Å²) in [6.45, 7) is 5.73. The van der Waals surface area contributed by atoms with Crippen LogP contribution in [0.25, 0.3) is 11.0 Å². The van der Waals surface area contributed by atoms with Crippen molar-refractivity contribution in [2.75, 3.05) is 37.7 Å². The average molecular weight is 550 g/mol.